The number of hydrazone groups is 1. The molecule has 0 unspecified atom stereocenters. The van der Waals surface area contributed by atoms with Gasteiger partial charge >= 0.3 is 0 Å². The second-order valence-corrected chi connectivity index (χ2v) is 4.78. The lowest BCUT2D eigenvalue weighted by molar-refractivity contribution is -0.384. The Morgan fingerprint density at radius 2 is 1.76 bits per heavy atom. The summed E-state index contributed by atoms with van der Waals surface area (Å²) in [6.45, 7) is 0. The topological polar surface area (TPSA) is 123 Å². The van der Waals surface area contributed by atoms with Gasteiger partial charge in [-0.15, -0.1) is 0 Å². The predicted octanol–water partition coefficient (Wildman–Crippen LogP) is 2.08. The Morgan fingerprint density at radius 3 is 2.24 bits per heavy atom. The third kappa shape index (κ3) is 4.22. The number of nitro benzene ring substituents is 1. The van der Waals surface area contributed by atoms with E-state index < -0.39 is 10.8 Å². The van der Waals surface area contributed by atoms with Crippen LogP contribution in [0.5, 0.6) is 17.2 Å². The van der Waals surface area contributed by atoms with Crippen molar-refractivity contribution in [2.45, 2.75) is 0 Å². The van der Waals surface area contributed by atoms with Crippen molar-refractivity contribution >= 4 is 17.8 Å². The van der Waals surface area contributed by atoms with Gasteiger partial charge in [-0.3, -0.25) is 14.9 Å². The number of benzene rings is 2. The Balaban J connectivity index is 2.10. The lowest BCUT2D eigenvalue weighted by atomic mass is 10.2. The molecule has 0 aliphatic heterocycles. The van der Waals surface area contributed by atoms with Gasteiger partial charge < -0.3 is 14.6 Å². The molecule has 0 radical (unpaired) electrons. The van der Waals surface area contributed by atoms with Crippen LogP contribution in [0.3, 0.4) is 0 Å². The van der Waals surface area contributed by atoms with Crippen molar-refractivity contribution in [3.05, 3.63) is 57.6 Å². The number of nitrogens with one attached hydrogen (secondary N) is 1. The number of carbonyl (C=O) groups is 1. The number of nitrogens with zero attached hydrogens (tertiary/aromatic N) is 2. The van der Waals surface area contributed by atoms with Gasteiger partial charge in [-0.1, -0.05) is 0 Å². The van der Waals surface area contributed by atoms with Crippen LogP contribution in [0.1, 0.15) is 15.9 Å². The van der Waals surface area contributed by atoms with Crippen LogP contribution >= 0.6 is 0 Å². The molecular formula is C16H15N3O6. The molecule has 0 saturated carbocycles. The third-order valence-corrected chi connectivity index (χ3v) is 3.22. The highest BCUT2D eigenvalue weighted by molar-refractivity contribution is 5.95. The van der Waals surface area contributed by atoms with Crippen LogP contribution in [0.2, 0.25) is 0 Å². The molecule has 0 aromatic heterocycles. The average molecular weight is 345 g/mol. The van der Waals surface area contributed by atoms with Crippen LogP contribution in [0.4, 0.5) is 5.69 Å². The van der Waals surface area contributed by atoms with E-state index in [1.165, 1.54) is 56.8 Å². The highest BCUT2D eigenvalue weighted by Gasteiger charge is 2.11. The Labute approximate surface area is 142 Å². The van der Waals surface area contributed by atoms with Crippen molar-refractivity contribution in [1.82, 2.24) is 5.43 Å². The average Bonchev–Trinajstić information content (AvgIpc) is 2.62. The van der Waals surface area contributed by atoms with Gasteiger partial charge in [-0.25, -0.2) is 5.43 Å². The molecule has 0 aliphatic carbocycles. The summed E-state index contributed by atoms with van der Waals surface area (Å²) >= 11 is 0. The van der Waals surface area contributed by atoms with Crippen LogP contribution in [0, 0.1) is 10.1 Å². The van der Waals surface area contributed by atoms with Crippen LogP contribution < -0.4 is 14.9 Å². The minimum Gasteiger partial charge on any atom is -0.502 e. The number of amides is 1. The fourth-order valence-corrected chi connectivity index (χ4v) is 1.95. The maximum Gasteiger partial charge on any atom is 0.271 e. The van der Waals surface area contributed by atoms with Crippen LogP contribution in [-0.2, 0) is 0 Å². The van der Waals surface area contributed by atoms with E-state index in [-0.39, 0.29) is 28.5 Å². The Morgan fingerprint density at radius 1 is 1.20 bits per heavy atom. The number of nitro groups is 1. The molecule has 0 aliphatic rings. The summed E-state index contributed by atoms with van der Waals surface area (Å²) in [7, 11) is 2.79. The number of phenols is 1. The molecule has 2 N–H and O–H groups in total. The standard InChI is InChI=1S/C16H15N3O6/c1-24-13-7-10(8-14(25-2)15(13)20)9-17-18-16(21)11-3-5-12(6-4-11)19(22)23/h3-9,20H,1-2H3,(H,18,21)/b17-9+. The van der Waals surface area contributed by atoms with E-state index in [1.807, 2.05) is 0 Å². The first-order valence-electron chi connectivity index (χ1n) is 6.99. The Bertz CT molecular complexity index is 792. The lowest BCUT2D eigenvalue weighted by Gasteiger charge is -2.09. The van der Waals surface area contributed by atoms with Crippen molar-refractivity contribution in [2.75, 3.05) is 14.2 Å². The van der Waals surface area contributed by atoms with Gasteiger partial charge in [0, 0.05) is 23.3 Å². The first kappa shape index (κ1) is 17.7. The van der Waals surface area contributed by atoms with Gasteiger partial charge in [0.05, 0.1) is 25.4 Å². The second kappa shape index (κ2) is 7.77. The molecule has 1 amide bonds. The zero-order valence-electron chi connectivity index (χ0n) is 13.4. The van der Waals surface area contributed by atoms with Crippen LogP contribution in [0.15, 0.2) is 41.5 Å². The number of ether oxygens (including phenoxy) is 2. The summed E-state index contributed by atoms with van der Waals surface area (Å²) in [6.07, 6.45) is 1.34. The molecule has 2 aromatic carbocycles. The number of phenolic OH excluding ortho intramolecular Hbond substituents is 1. The first-order chi connectivity index (χ1) is 12.0. The zero-order valence-corrected chi connectivity index (χ0v) is 13.4. The van der Waals surface area contributed by atoms with Crippen molar-refractivity contribution in [2.24, 2.45) is 5.10 Å². The Kier molecular flexibility index (Phi) is 5.51. The molecule has 25 heavy (non-hydrogen) atoms. The number of rotatable bonds is 6. The van der Waals surface area contributed by atoms with Gasteiger partial charge in [0.1, 0.15) is 0 Å². The quantitative estimate of drug-likeness (QED) is 0.469. The summed E-state index contributed by atoms with van der Waals surface area (Å²) < 4.78 is 10.0. The summed E-state index contributed by atoms with van der Waals surface area (Å²) in [6, 6.07) is 8.15. The molecule has 0 heterocycles. The Hall–Kier alpha value is -3.62. The number of methoxy groups -OCH3 is 2. The monoisotopic (exact) mass is 345 g/mol. The molecule has 130 valence electrons. The minimum atomic E-state index is -0.550. The largest absolute Gasteiger partial charge is 0.502 e. The highest BCUT2D eigenvalue weighted by Crippen LogP contribution is 2.36. The summed E-state index contributed by atoms with van der Waals surface area (Å²) in [4.78, 5) is 22.0. The molecule has 0 fully saturated rings. The molecule has 0 saturated heterocycles. The summed E-state index contributed by atoms with van der Waals surface area (Å²) in [5.74, 6) is -0.272. The van der Waals surface area contributed by atoms with Gasteiger partial charge in [0.25, 0.3) is 11.6 Å². The fourth-order valence-electron chi connectivity index (χ4n) is 1.95. The van der Waals surface area contributed by atoms with Gasteiger partial charge in [-0.2, -0.15) is 5.10 Å². The van der Waals surface area contributed by atoms with E-state index in [2.05, 4.69) is 10.5 Å². The van der Waals surface area contributed by atoms with Crippen molar-refractivity contribution in [3.8, 4) is 17.2 Å². The molecular weight excluding hydrogens is 330 g/mol. The second-order valence-electron chi connectivity index (χ2n) is 4.78. The molecule has 2 rings (SSSR count). The predicted molar refractivity (Wildman–Crippen MR) is 89.4 cm³/mol. The van der Waals surface area contributed by atoms with E-state index >= 15 is 0 Å². The van der Waals surface area contributed by atoms with E-state index in [4.69, 9.17) is 9.47 Å². The minimum absolute atomic E-state index is 0.108. The van der Waals surface area contributed by atoms with Gasteiger partial charge in [0.2, 0.25) is 5.75 Å². The summed E-state index contributed by atoms with van der Waals surface area (Å²) in [5, 5.41) is 24.2. The molecule has 9 heteroatoms. The number of hydrogen-bond donors (Lipinski definition) is 2. The number of aromatic hydroxyl groups is 1. The van der Waals surface area contributed by atoms with Gasteiger partial charge in [-0.05, 0) is 24.3 Å². The number of non-ortho nitro benzene ring substituents is 1. The summed E-state index contributed by atoms with van der Waals surface area (Å²) in [5.41, 5.74) is 2.94. The highest BCUT2D eigenvalue weighted by atomic mass is 16.6. The number of carbonyl (C=O) groups excluding carboxylic acids is 1. The van der Waals surface area contributed by atoms with E-state index in [0.717, 1.165) is 0 Å². The normalized spacial score (nSPS) is 10.5. The van der Waals surface area contributed by atoms with Crippen molar-refractivity contribution in [3.63, 3.8) is 0 Å². The molecule has 2 aromatic rings. The lowest BCUT2D eigenvalue weighted by Crippen LogP contribution is -2.17. The smallest absolute Gasteiger partial charge is 0.271 e. The van der Waals surface area contributed by atoms with Gasteiger partial charge in [0.15, 0.2) is 11.5 Å². The van der Waals surface area contributed by atoms with E-state index in [9.17, 15) is 20.0 Å². The zero-order chi connectivity index (χ0) is 18.4. The van der Waals surface area contributed by atoms with Crippen molar-refractivity contribution < 1.29 is 24.3 Å². The maximum atomic E-state index is 11.9. The van der Waals surface area contributed by atoms with Crippen LogP contribution in [0.25, 0.3) is 0 Å². The molecule has 0 atom stereocenters. The first-order valence-corrected chi connectivity index (χ1v) is 6.99. The maximum absolute atomic E-state index is 11.9. The number of hydrogen-bond acceptors (Lipinski definition) is 7. The third-order valence-electron chi connectivity index (χ3n) is 3.22. The molecule has 0 bridgehead atoms. The SMILES string of the molecule is COc1cc(/C=N/NC(=O)c2ccc([N+](=O)[O-])cc2)cc(OC)c1O. The van der Waals surface area contributed by atoms with Crippen LogP contribution in [-0.4, -0.2) is 36.4 Å². The van der Waals surface area contributed by atoms with E-state index in [0.29, 0.717) is 5.56 Å². The molecule has 0 spiro atoms. The van der Waals surface area contributed by atoms with E-state index in [1.54, 1.807) is 0 Å². The fraction of sp³-hybridized carbons (Fsp3) is 0.125. The molecule has 9 nitrogen and oxygen atoms in total. The van der Waals surface area contributed by atoms with Crippen molar-refractivity contribution in [1.29, 1.82) is 0 Å².